The van der Waals surface area contributed by atoms with Gasteiger partial charge in [-0.15, -0.1) is 24.0 Å². The lowest BCUT2D eigenvalue weighted by atomic mass is 9.74. The molecule has 1 aliphatic rings. The quantitative estimate of drug-likeness (QED) is 0.340. The van der Waals surface area contributed by atoms with Crippen molar-refractivity contribution in [3.05, 3.63) is 34.3 Å². The van der Waals surface area contributed by atoms with E-state index in [1.807, 2.05) is 7.05 Å². The summed E-state index contributed by atoms with van der Waals surface area (Å²) >= 11 is 3.54. The minimum absolute atomic E-state index is 0. The summed E-state index contributed by atoms with van der Waals surface area (Å²) < 4.78 is 6.75. The van der Waals surface area contributed by atoms with Crippen LogP contribution >= 0.6 is 39.9 Å². The number of rotatable bonds is 6. The topological polar surface area (TPSA) is 36.9 Å². The summed E-state index contributed by atoms with van der Waals surface area (Å²) in [5, 5.41) is 3.61. The van der Waals surface area contributed by atoms with Crippen LogP contribution in [0.2, 0.25) is 0 Å². The third kappa shape index (κ3) is 6.40. The number of nitrogens with zero attached hydrogens (tertiary/aromatic N) is 2. The van der Waals surface area contributed by atoms with Crippen LogP contribution in [-0.2, 0) is 10.2 Å². The van der Waals surface area contributed by atoms with Crippen molar-refractivity contribution in [2.75, 3.05) is 40.4 Å². The van der Waals surface area contributed by atoms with Gasteiger partial charge in [0.2, 0.25) is 0 Å². The number of unbranched alkanes of at least 4 members (excludes halogenated alkanes) is 1. The first-order valence-corrected chi connectivity index (χ1v) is 9.66. The molecule has 0 atom stereocenters. The van der Waals surface area contributed by atoms with E-state index in [0.29, 0.717) is 0 Å². The fourth-order valence-electron chi connectivity index (χ4n) is 3.27. The Kier molecular flexibility index (Phi) is 10.3. The zero-order valence-electron chi connectivity index (χ0n) is 15.6. The van der Waals surface area contributed by atoms with Crippen LogP contribution in [0.15, 0.2) is 33.7 Å². The Morgan fingerprint density at radius 1 is 1.28 bits per heavy atom. The molecule has 0 amide bonds. The van der Waals surface area contributed by atoms with E-state index in [1.165, 1.54) is 18.4 Å². The van der Waals surface area contributed by atoms with Crippen molar-refractivity contribution in [1.82, 2.24) is 10.2 Å². The van der Waals surface area contributed by atoms with E-state index in [-0.39, 0.29) is 29.4 Å². The lowest BCUT2D eigenvalue weighted by Crippen LogP contribution is -2.48. The van der Waals surface area contributed by atoms with Gasteiger partial charge in [-0.2, -0.15) is 0 Å². The van der Waals surface area contributed by atoms with Crippen LogP contribution in [0.25, 0.3) is 0 Å². The van der Waals surface area contributed by atoms with Crippen LogP contribution < -0.4 is 5.32 Å². The molecule has 2 rings (SSSR count). The van der Waals surface area contributed by atoms with Gasteiger partial charge in [0.05, 0.1) is 0 Å². The van der Waals surface area contributed by atoms with E-state index in [9.17, 15) is 0 Å². The third-order valence-corrected chi connectivity index (χ3v) is 5.44. The zero-order valence-corrected chi connectivity index (χ0v) is 19.5. The fraction of sp³-hybridized carbons (Fsp3) is 0.632. The number of halogens is 2. The molecular weight excluding hydrogens is 493 g/mol. The van der Waals surface area contributed by atoms with E-state index in [4.69, 9.17) is 4.74 Å². The van der Waals surface area contributed by atoms with Crippen molar-refractivity contribution in [3.63, 3.8) is 0 Å². The molecule has 142 valence electrons. The van der Waals surface area contributed by atoms with Gasteiger partial charge in [0.1, 0.15) is 0 Å². The molecule has 0 unspecified atom stereocenters. The highest BCUT2D eigenvalue weighted by Gasteiger charge is 2.34. The van der Waals surface area contributed by atoms with Crippen molar-refractivity contribution < 1.29 is 4.74 Å². The smallest absolute Gasteiger partial charge is 0.193 e. The molecule has 0 spiro atoms. The Morgan fingerprint density at radius 3 is 2.48 bits per heavy atom. The molecule has 1 heterocycles. The van der Waals surface area contributed by atoms with Crippen molar-refractivity contribution in [3.8, 4) is 0 Å². The lowest BCUT2D eigenvalue weighted by molar-refractivity contribution is 0.0512. The second-order valence-electron chi connectivity index (χ2n) is 6.58. The molecule has 0 radical (unpaired) electrons. The van der Waals surface area contributed by atoms with E-state index in [1.54, 1.807) is 0 Å². The first kappa shape index (κ1) is 22.7. The molecule has 0 saturated carbocycles. The third-order valence-electron chi connectivity index (χ3n) is 4.91. The summed E-state index contributed by atoms with van der Waals surface area (Å²) in [5.74, 6) is 0.978. The number of hydrogen-bond donors (Lipinski definition) is 1. The number of aliphatic imine (C=N–C) groups is 1. The summed E-state index contributed by atoms with van der Waals surface area (Å²) in [6, 6.07) is 8.74. The molecule has 1 aromatic rings. The number of ether oxygens (including phenoxy) is 1. The Labute approximate surface area is 177 Å². The molecule has 0 aliphatic carbocycles. The second-order valence-corrected chi connectivity index (χ2v) is 7.49. The van der Waals surface area contributed by atoms with Crippen LogP contribution in [0.4, 0.5) is 0 Å². The molecule has 1 fully saturated rings. The van der Waals surface area contributed by atoms with Gasteiger partial charge in [0.25, 0.3) is 0 Å². The van der Waals surface area contributed by atoms with Crippen LogP contribution in [0.3, 0.4) is 0 Å². The minimum Gasteiger partial charge on any atom is -0.381 e. The Hall–Kier alpha value is -0.340. The standard InChI is InChI=1S/C19H30BrN3O.HI/c1-4-5-12-23(3)18(21-2)22-15-19(10-13-24-14-11-19)16-6-8-17(20)9-7-16;/h6-9H,4-5,10-15H2,1-3H3,(H,21,22);1H. The number of hydrogen-bond acceptors (Lipinski definition) is 2. The SMILES string of the molecule is CCCCN(C)C(=NC)NCC1(c2ccc(Br)cc2)CCOCC1.I. The van der Waals surface area contributed by atoms with Crippen molar-refractivity contribution in [2.24, 2.45) is 4.99 Å². The maximum atomic E-state index is 5.63. The van der Waals surface area contributed by atoms with Gasteiger partial charge >= 0.3 is 0 Å². The molecule has 0 aromatic heterocycles. The summed E-state index contributed by atoms with van der Waals surface area (Å²) in [4.78, 5) is 6.68. The Balaban J connectivity index is 0.00000312. The van der Waals surface area contributed by atoms with Gasteiger partial charge in [-0.1, -0.05) is 41.4 Å². The Bertz CT molecular complexity index is 530. The molecule has 0 bridgehead atoms. The average molecular weight is 524 g/mol. The Morgan fingerprint density at radius 2 is 1.92 bits per heavy atom. The second kappa shape index (κ2) is 11.4. The number of nitrogens with one attached hydrogen (secondary N) is 1. The average Bonchev–Trinajstić information content (AvgIpc) is 2.61. The van der Waals surface area contributed by atoms with Gasteiger partial charge in [0, 0.05) is 50.3 Å². The number of guanidine groups is 1. The largest absolute Gasteiger partial charge is 0.381 e. The van der Waals surface area contributed by atoms with Gasteiger partial charge in [-0.05, 0) is 37.0 Å². The van der Waals surface area contributed by atoms with E-state index in [2.05, 4.69) is 69.4 Å². The number of benzene rings is 1. The van der Waals surface area contributed by atoms with Crippen molar-refractivity contribution in [2.45, 2.75) is 38.0 Å². The molecule has 1 aromatic carbocycles. The summed E-state index contributed by atoms with van der Waals surface area (Å²) in [7, 11) is 3.97. The highest BCUT2D eigenvalue weighted by atomic mass is 127. The van der Waals surface area contributed by atoms with E-state index < -0.39 is 0 Å². The minimum atomic E-state index is 0. The predicted molar refractivity (Wildman–Crippen MR) is 120 cm³/mol. The van der Waals surface area contributed by atoms with Crippen molar-refractivity contribution >= 4 is 45.9 Å². The monoisotopic (exact) mass is 523 g/mol. The van der Waals surface area contributed by atoms with Crippen LogP contribution in [-0.4, -0.2) is 51.3 Å². The predicted octanol–water partition coefficient (Wildman–Crippen LogP) is 4.42. The van der Waals surface area contributed by atoms with E-state index in [0.717, 1.165) is 49.6 Å². The molecule has 1 saturated heterocycles. The summed E-state index contributed by atoms with van der Waals surface area (Å²) in [6.07, 6.45) is 4.46. The highest BCUT2D eigenvalue weighted by Crippen LogP contribution is 2.35. The molecular formula is C19H31BrIN3O. The van der Waals surface area contributed by atoms with Crippen LogP contribution in [0, 0.1) is 0 Å². The highest BCUT2D eigenvalue weighted by molar-refractivity contribution is 14.0. The van der Waals surface area contributed by atoms with Crippen LogP contribution in [0.1, 0.15) is 38.2 Å². The van der Waals surface area contributed by atoms with Gasteiger partial charge < -0.3 is 15.0 Å². The lowest BCUT2D eigenvalue weighted by Gasteiger charge is -2.39. The van der Waals surface area contributed by atoms with E-state index >= 15 is 0 Å². The van der Waals surface area contributed by atoms with Crippen LogP contribution in [0.5, 0.6) is 0 Å². The van der Waals surface area contributed by atoms with Crippen molar-refractivity contribution in [1.29, 1.82) is 0 Å². The summed E-state index contributed by atoms with van der Waals surface area (Å²) in [6.45, 7) is 5.78. The molecule has 1 N–H and O–H groups in total. The zero-order chi connectivity index (χ0) is 17.4. The normalized spacial score (nSPS) is 16.9. The van der Waals surface area contributed by atoms with Gasteiger partial charge in [-0.25, -0.2) is 0 Å². The first-order chi connectivity index (χ1) is 11.6. The maximum Gasteiger partial charge on any atom is 0.193 e. The fourth-order valence-corrected chi connectivity index (χ4v) is 3.53. The molecule has 6 heteroatoms. The molecule has 1 aliphatic heterocycles. The molecule has 4 nitrogen and oxygen atoms in total. The van der Waals surface area contributed by atoms with Gasteiger partial charge in [-0.3, -0.25) is 4.99 Å². The summed E-state index contributed by atoms with van der Waals surface area (Å²) in [5.41, 5.74) is 1.49. The molecule has 25 heavy (non-hydrogen) atoms. The first-order valence-electron chi connectivity index (χ1n) is 8.87. The van der Waals surface area contributed by atoms with Gasteiger partial charge in [0.15, 0.2) is 5.96 Å². The maximum absolute atomic E-state index is 5.63.